The van der Waals surface area contributed by atoms with Crippen molar-refractivity contribution in [3.63, 3.8) is 0 Å². The topological polar surface area (TPSA) is 83.0 Å². The molecule has 0 fully saturated rings. The van der Waals surface area contributed by atoms with Crippen LogP contribution >= 0.6 is 11.6 Å². The Kier molecular flexibility index (Phi) is 8.91. The van der Waals surface area contributed by atoms with Crippen LogP contribution in [0, 0.1) is 6.92 Å². The van der Waals surface area contributed by atoms with Gasteiger partial charge in [-0.3, -0.25) is 14.4 Å². The van der Waals surface area contributed by atoms with Gasteiger partial charge in [0.2, 0.25) is 5.91 Å². The molecule has 3 amide bonds. The first kappa shape index (κ1) is 23.9. The Morgan fingerprint density at radius 1 is 1.14 bits per heavy atom. The predicted octanol–water partition coefficient (Wildman–Crippen LogP) is 0.865. The van der Waals surface area contributed by atoms with Crippen molar-refractivity contribution in [1.82, 2.24) is 10.2 Å². The number of nitrogens with zero attached hydrogens (tertiary/aromatic N) is 1. The van der Waals surface area contributed by atoms with Gasteiger partial charge in [0.1, 0.15) is 6.54 Å². The molecular formula is C20H32ClN4O3+. The first-order valence-electron chi connectivity index (χ1n) is 9.37. The summed E-state index contributed by atoms with van der Waals surface area (Å²) in [5.74, 6) is -0.583. The molecule has 0 heterocycles. The van der Waals surface area contributed by atoms with Crippen LogP contribution in [0.5, 0.6) is 0 Å². The average Bonchev–Trinajstić information content (AvgIpc) is 2.53. The molecule has 28 heavy (non-hydrogen) atoms. The van der Waals surface area contributed by atoms with Crippen LogP contribution in [0.25, 0.3) is 0 Å². The number of quaternary nitrogens is 1. The van der Waals surface area contributed by atoms with Crippen LogP contribution < -0.4 is 15.5 Å². The van der Waals surface area contributed by atoms with Crippen LogP contribution in [0.15, 0.2) is 18.2 Å². The number of rotatable bonds is 8. The van der Waals surface area contributed by atoms with Crippen LogP contribution in [0.3, 0.4) is 0 Å². The molecule has 1 aromatic rings. The molecule has 0 saturated carbocycles. The van der Waals surface area contributed by atoms with E-state index in [9.17, 15) is 14.4 Å². The first-order valence-corrected chi connectivity index (χ1v) is 9.75. The Hall–Kier alpha value is -2.12. The third-order valence-corrected chi connectivity index (χ3v) is 4.21. The van der Waals surface area contributed by atoms with Gasteiger partial charge in [0.15, 0.2) is 13.1 Å². The maximum absolute atomic E-state index is 12.5. The number of likely N-dealkylation sites (N-methyl/N-ethyl adjacent to an activating group) is 2. The summed E-state index contributed by atoms with van der Waals surface area (Å²) >= 11 is 5.97. The summed E-state index contributed by atoms with van der Waals surface area (Å²) in [5.41, 5.74) is 1.21. The van der Waals surface area contributed by atoms with Gasteiger partial charge in [-0.25, -0.2) is 0 Å². The lowest BCUT2D eigenvalue weighted by Gasteiger charge is -2.24. The number of halogens is 1. The molecule has 0 spiro atoms. The Bertz CT molecular complexity index is 716. The third-order valence-electron chi connectivity index (χ3n) is 3.97. The zero-order valence-corrected chi connectivity index (χ0v) is 18.4. The van der Waals surface area contributed by atoms with Crippen molar-refractivity contribution in [2.45, 2.75) is 40.2 Å². The Morgan fingerprint density at radius 3 is 2.36 bits per heavy atom. The van der Waals surface area contributed by atoms with Crippen molar-refractivity contribution in [2.75, 3.05) is 38.5 Å². The molecule has 0 saturated heterocycles. The standard InChI is InChI=1S/C20H31ClN4O3/c1-7-25(12-17(26)22-16-10-15(21)9-8-14(16)2)19(28)13-24(6)11-18(27)23-20(3,4)5/h8-10H,7,11-13H2,1-6H3,(H,22,26)(H,23,27)/p+1. The van der Waals surface area contributed by atoms with Crippen LogP contribution in [-0.2, 0) is 14.4 Å². The van der Waals surface area contributed by atoms with E-state index in [2.05, 4.69) is 10.6 Å². The monoisotopic (exact) mass is 411 g/mol. The molecular weight excluding hydrogens is 380 g/mol. The molecule has 1 unspecified atom stereocenters. The number of carbonyl (C=O) groups is 3. The maximum Gasteiger partial charge on any atom is 0.278 e. The van der Waals surface area contributed by atoms with E-state index in [-0.39, 0.29) is 42.9 Å². The van der Waals surface area contributed by atoms with Gasteiger partial charge in [-0.05, 0) is 52.3 Å². The second-order valence-corrected chi connectivity index (χ2v) is 8.46. The van der Waals surface area contributed by atoms with Crippen molar-refractivity contribution in [3.05, 3.63) is 28.8 Å². The molecule has 0 aromatic heterocycles. The summed E-state index contributed by atoms with van der Waals surface area (Å²) in [7, 11) is 1.78. The van der Waals surface area contributed by atoms with Crippen molar-refractivity contribution < 1.29 is 19.3 Å². The second kappa shape index (κ2) is 10.4. The highest BCUT2D eigenvalue weighted by Gasteiger charge is 2.22. The van der Waals surface area contributed by atoms with Crippen LogP contribution in [0.1, 0.15) is 33.3 Å². The zero-order valence-electron chi connectivity index (χ0n) is 17.6. The van der Waals surface area contributed by atoms with Gasteiger partial charge in [-0.2, -0.15) is 0 Å². The number of carbonyl (C=O) groups excluding carboxylic acids is 3. The fourth-order valence-corrected chi connectivity index (χ4v) is 2.81. The zero-order chi connectivity index (χ0) is 21.5. The number of aryl methyl sites for hydroxylation is 1. The minimum atomic E-state index is -0.312. The normalized spacial score (nSPS) is 12.2. The number of benzene rings is 1. The van der Waals surface area contributed by atoms with Crippen LogP contribution in [0.4, 0.5) is 5.69 Å². The largest absolute Gasteiger partial charge is 0.347 e. The number of nitrogens with one attached hydrogen (secondary N) is 3. The number of hydrogen-bond donors (Lipinski definition) is 3. The van der Waals surface area contributed by atoms with Crippen molar-refractivity contribution in [1.29, 1.82) is 0 Å². The van der Waals surface area contributed by atoms with E-state index in [0.29, 0.717) is 17.3 Å². The molecule has 0 radical (unpaired) electrons. The van der Waals surface area contributed by atoms with E-state index in [1.807, 2.05) is 40.7 Å². The van der Waals surface area contributed by atoms with Crippen molar-refractivity contribution in [3.8, 4) is 0 Å². The van der Waals surface area contributed by atoms with E-state index in [0.717, 1.165) is 10.5 Å². The van der Waals surface area contributed by atoms with Gasteiger partial charge < -0.3 is 20.4 Å². The smallest absolute Gasteiger partial charge is 0.278 e. The Morgan fingerprint density at radius 2 is 1.79 bits per heavy atom. The fourth-order valence-electron chi connectivity index (χ4n) is 2.64. The molecule has 7 nitrogen and oxygen atoms in total. The summed E-state index contributed by atoms with van der Waals surface area (Å²) in [6, 6.07) is 5.25. The van der Waals surface area contributed by atoms with Crippen LogP contribution in [0.2, 0.25) is 5.02 Å². The van der Waals surface area contributed by atoms with E-state index in [1.54, 1.807) is 19.2 Å². The molecule has 0 aliphatic rings. The lowest BCUT2D eigenvalue weighted by molar-refractivity contribution is -0.863. The van der Waals surface area contributed by atoms with Gasteiger partial charge in [-0.1, -0.05) is 17.7 Å². The van der Waals surface area contributed by atoms with E-state index in [1.165, 1.54) is 4.90 Å². The van der Waals surface area contributed by atoms with E-state index in [4.69, 9.17) is 11.6 Å². The van der Waals surface area contributed by atoms with E-state index >= 15 is 0 Å². The van der Waals surface area contributed by atoms with Gasteiger partial charge in [0, 0.05) is 22.8 Å². The average molecular weight is 412 g/mol. The number of hydrogen-bond acceptors (Lipinski definition) is 3. The SMILES string of the molecule is CCN(CC(=O)Nc1cc(Cl)ccc1C)C(=O)C[NH+](C)CC(=O)NC(C)(C)C. The summed E-state index contributed by atoms with van der Waals surface area (Å²) in [6.45, 7) is 10.1. The van der Waals surface area contributed by atoms with Gasteiger partial charge >= 0.3 is 0 Å². The minimum Gasteiger partial charge on any atom is -0.347 e. The molecule has 8 heteroatoms. The summed E-state index contributed by atoms with van der Waals surface area (Å²) in [5, 5.41) is 6.20. The Balaban J connectivity index is 2.59. The molecule has 156 valence electrons. The summed E-state index contributed by atoms with van der Waals surface area (Å²) in [6.07, 6.45) is 0. The van der Waals surface area contributed by atoms with E-state index < -0.39 is 0 Å². The Labute approximate surface area is 172 Å². The molecule has 3 N–H and O–H groups in total. The van der Waals surface area contributed by atoms with Crippen molar-refractivity contribution in [2.24, 2.45) is 0 Å². The van der Waals surface area contributed by atoms with Gasteiger partial charge in [-0.15, -0.1) is 0 Å². The lowest BCUT2D eigenvalue weighted by Crippen LogP contribution is -3.11. The highest BCUT2D eigenvalue weighted by molar-refractivity contribution is 6.31. The fraction of sp³-hybridized carbons (Fsp3) is 0.550. The molecule has 1 atom stereocenters. The third kappa shape index (κ3) is 8.71. The predicted molar refractivity (Wildman–Crippen MR) is 112 cm³/mol. The molecule has 1 aromatic carbocycles. The number of amides is 3. The first-order chi connectivity index (χ1) is 12.9. The molecule has 0 aliphatic carbocycles. The van der Waals surface area contributed by atoms with Crippen LogP contribution in [-0.4, -0.2) is 61.4 Å². The molecule has 0 bridgehead atoms. The summed E-state index contributed by atoms with van der Waals surface area (Å²) < 4.78 is 0. The van der Waals surface area contributed by atoms with Crippen molar-refractivity contribution >= 4 is 35.0 Å². The maximum atomic E-state index is 12.5. The molecule has 0 aliphatic heterocycles. The lowest BCUT2D eigenvalue weighted by atomic mass is 10.1. The van der Waals surface area contributed by atoms with Gasteiger partial charge in [0.05, 0.1) is 7.05 Å². The number of anilines is 1. The molecule has 1 rings (SSSR count). The quantitative estimate of drug-likeness (QED) is 0.593. The highest BCUT2D eigenvalue weighted by Crippen LogP contribution is 2.20. The van der Waals surface area contributed by atoms with Gasteiger partial charge in [0.25, 0.3) is 11.8 Å². The highest BCUT2D eigenvalue weighted by atomic mass is 35.5. The minimum absolute atomic E-state index is 0.0528. The second-order valence-electron chi connectivity index (χ2n) is 8.02. The summed E-state index contributed by atoms with van der Waals surface area (Å²) in [4.78, 5) is 39.1.